The van der Waals surface area contributed by atoms with Crippen LogP contribution in [0, 0.1) is 6.92 Å². The van der Waals surface area contributed by atoms with E-state index in [1.54, 1.807) is 0 Å². The molecule has 0 N–H and O–H groups in total. The highest BCUT2D eigenvalue weighted by molar-refractivity contribution is 6.30. The summed E-state index contributed by atoms with van der Waals surface area (Å²) in [6, 6.07) is 8.49. The summed E-state index contributed by atoms with van der Waals surface area (Å²) in [5, 5.41) is 0.450. The molecule has 0 heterocycles. The van der Waals surface area contributed by atoms with Crippen LogP contribution in [0.4, 0.5) is 13.2 Å². The minimum absolute atomic E-state index is 0.141. The van der Waals surface area contributed by atoms with Gasteiger partial charge < -0.3 is 4.74 Å². The van der Waals surface area contributed by atoms with Crippen molar-refractivity contribution < 1.29 is 27.5 Å². The summed E-state index contributed by atoms with van der Waals surface area (Å²) in [5.74, 6) is -1.13. The Kier molecular flexibility index (Phi) is 5.52. The second kappa shape index (κ2) is 7.27. The fourth-order valence-corrected chi connectivity index (χ4v) is 2.47. The van der Waals surface area contributed by atoms with Crippen molar-refractivity contribution in [2.45, 2.75) is 26.6 Å². The van der Waals surface area contributed by atoms with Crippen LogP contribution in [-0.4, -0.2) is 17.9 Å². The van der Waals surface area contributed by atoms with E-state index in [0.29, 0.717) is 10.6 Å². The van der Waals surface area contributed by atoms with Gasteiger partial charge in [-0.15, -0.1) is 13.2 Å². The summed E-state index contributed by atoms with van der Waals surface area (Å²) in [6.45, 7) is 2.69. The molecule has 2 rings (SSSR count). The predicted octanol–water partition coefficient (Wildman–Crippen LogP) is 4.91. The number of ketones is 2. The second-order valence-electron chi connectivity index (χ2n) is 5.54. The van der Waals surface area contributed by atoms with Crippen molar-refractivity contribution in [3.63, 3.8) is 0 Å². The molecule has 0 aromatic heterocycles. The monoisotopic (exact) mass is 370 g/mol. The number of benzene rings is 2. The van der Waals surface area contributed by atoms with Gasteiger partial charge in [0.05, 0.1) is 0 Å². The Morgan fingerprint density at radius 1 is 1.12 bits per heavy atom. The standard InChI is InChI=1S/C18H14ClF3O3/c1-10-7-15(17(24)12-3-5-14(19)6-4-12)13(8-11(2)23)9-16(10)25-18(20,21)22/h3-7,9H,8H2,1-2H3. The third-order valence-corrected chi connectivity index (χ3v) is 3.67. The molecule has 3 nitrogen and oxygen atoms in total. The van der Waals surface area contributed by atoms with E-state index < -0.39 is 17.9 Å². The number of aryl methyl sites for hydroxylation is 1. The van der Waals surface area contributed by atoms with E-state index in [9.17, 15) is 22.8 Å². The Bertz CT molecular complexity index is 812. The van der Waals surface area contributed by atoms with E-state index >= 15 is 0 Å². The third kappa shape index (κ3) is 5.06. The van der Waals surface area contributed by atoms with E-state index in [4.69, 9.17) is 11.6 Å². The first kappa shape index (κ1) is 19.0. The van der Waals surface area contributed by atoms with Gasteiger partial charge in [-0.2, -0.15) is 0 Å². The molecule has 25 heavy (non-hydrogen) atoms. The topological polar surface area (TPSA) is 43.4 Å². The molecular weight excluding hydrogens is 357 g/mol. The summed E-state index contributed by atoms with van der Waals surface area (Å²) in [4.78, 5) is 24.2. The van der Waals surface area contributed by atoms with E-state index in [-0.39, 0.29) is 28.9 Å². The van der Waals surface area contributed by atoms with E-state index in [2.05, 4.69) is 4.74 Å². The highest BCUT2D eigenvalue weighted by atomic mass is 35.5. The lowest BCUT2D eigenvalue weighted by Crippen LogP contribution is -2.19. The number of rotatable bonds is 5. The molecule has 2 aromatic rings. The number of halogens is 4. The Labute approximate surface area is 147 Å². The maximum absolute atomic E-state index is 12.7. The van der Waals surface area contributed by atoms with Crippen molar-refractivity contribution in [3.8, 4) is 5.75 Å². The molecule has 2 aromatic carbocycles. The molecule has 0 radical (unpaired) electrons. The summed E-state index contributed by atoms with van der Waals surface area (Å²) < 4.78 is 41.5. The first-order valence-electron chi connectivity index (χ1n) is 7.26. The van der Waals surface area contributed by atoms with Crippen LogP contribution in [0.15, 0.2) is 36.4 Å². The normalized spacial score (nSPS) is 11.3. The zero-order valence-electron chi connectivity index (χ0n) is 13.4. The molecule has 0 unspecified atom stereocenters. The van der Waals surface area contributed by atoms with Gasteiger partial charge in [0.25, 0.3) is 0 Å². The number of alkyl halides is 3. The number of hydrogen-bond acceptors (Lipinski definition) is 3. The average molecular weight is 371 g/mol. The molecule has 0 bridgehead atoms. The molecular formula is C18H14ClF3O3. The minimum Gasteiger partial charge on any atom is -0.406 e. The smallest absolute Gasteiger partial charge is 0.406 e. The molecule has 0 aliphatic carbocycles. The summed E-state index contributed by atoms with van der Waals surface area (Å²) in [7, 11) is 0. The minimum atomic E-state index is -4.86. The van der Waals surface area contributed by atoms with Crippen LogP contribution in [0.1, 0.15) is 34.0 Å². The fourth-order valence-electron chi connectivity index (χ4n) is 2.35. The van der Waals surface area contributed by atoms with Crippen LogP contribution in [0.25, 0.3) is 0 Å². The first-order chi connectivity index (χ1) is 11.6. The van der Waals surface area contributed by atoms with Gasteiger partial charge >= 0.3 is 6.36 Å². The highest BCUT2D eigenvalue weighted by Crippen LogP contribution is 2.30. The predicted molar refractivity (Wildman–Crippen MR) is 87.1 cm³/mol. The average Bonchev–Trinajstić information content (AvgIpc) is 2.48. The van der Waals surface area contributed by atoms with Gasteiger partial charge in [0.1, 0.15) is 11.5 Å². The van der Waals surface area contributed by atoms with Crippen LogP contribution in [0.3, 0.4) is 0 Å². The van der Waals surface area contributed by atoms with Gasteiger partial charge in [-0.3, -0.25) is 9.59 Å². The lowest BCUT2D eigenvalue weighted by atomic mass is 9.93. The van der Waals surface area contributed by atoms with Crippen LogP contribution in [0.5, 0.6) is 5.75 Å². The van der Waals surface area contributed by atoms with Crippen molar-refractivity contribution in [1.29, 1.82) is 0 Å². The van der Waals surface area contributed by atoms with Crippen LogP contribution < -0.4 is 4.74 Å². The summed E-state index contributed by atoms with van der Waals surface area (Å²) in [6.07, 6.45) is -5.04. The molecule has 0 fully saturated rings. The molecule has 7 heteroatoms. The van der Waals surface area contributed by atoms with Crippen molar-refractivity contribution in [1.82, 2.24) is 0 Å². The highest BCUT2D eigenvalue weighted by Gasteiger charge is 2.32. The second-order valence-corrected chi connectivity index (χ2v) is 5.97. The summed E-state index contributed by atoms with van der Waals surface area (Å²) in [5.41, 5.74) is 0.793. The number of hydrogen-bond donors (Lipinski definition) is 0. The van der Waals surface area contributed by atoms with E-state index in [1.807, 2.05) is 0 Å². The van der Waals surface area contributed by atoms with Crippen molar-refractivity contribution in [3.05, 3.63) is 63.7 Å². The molecule has 0 saturated carbocycles. The molecule has 132 valence electrons. The Morgan fingerprint density at radius 3 is 2.24 bits per heavy atom. The van der Waals surface area contributed by atoms with E-state index in [0.717, 1.165) is 6.07 Å². The first-order valence-corrected chi connectivity index (χ1v) is 7.63. The molecule has 0 aliphatic rings. The van der Waals surface area contributed by atoms with Crippen LogP contribution in [0.2, 0.25) is 5.02 Å². The van der Waals surface area contributed by atoms with Crippen molar-refractivity contribution in [2.75, 3.05) is 0 Å². The quantitative estimate of drug-likeness (QED) is 0.702. The molecule has 0 atom stereocenters. The van der Waals surface area contributed by atoms with Gasteiger partial charge in [0.15, 0.2) is 5.78 Å². The molecule has 0 amide bonds. The Balaban J connectivity index is 2.51. The van der Waals surface area contributed by atoms with Gasteiger partial charge in [-0.25, -0.2) is 0 Å². The number of ether oxygens (including phenoxy) is 1. The maximum atomic E-state index is 12.7. The Hall–Kier alpha value is -2.34. The number of carbonyl (C=O) groups excluding carboxylic acids is 2. The Morgan fingerprint density at radius 2 is 1.72 bits per heavy atom. The molecule has 0 saturated heterocycles. The van der Waals surface area contributed by atoms with Crippen LogP contribution in [-0.2, 0) is 11.2 Å². The number of carbonyl (C=O) groups is 2. The lowest BCUT2D eigenvalue weighted by Gasteiger charge is -2.15. The van der Waals surface area contributed by atoms with Gasteiger partial charge in [0.2, 0.25) is 0 Å². The van der Waals surface area contributed by atoms with Crippen molar-refractivity contribution in [2.24, 2.45) is 0 Å². The van der Waals surface area contributed by atoms with E-state index in [1.165, 1.54) is 44.2 Å². The van der Waals surface area contributed by atoms with Gasteiger partial charge in [-0.1, -0.05) is 11.6 Å². The molecule has 0 aliphatic heterocycles. The zero-order chi connectivity index (χ0) is 18.8. The van der Waals surface area contributed by atoms with Crippen LogP contribution >= 0.6 is 11.6 Å². The van der Waals surface area contributed by atoms with Gasteiger partial charge in [-0.05, 0) is 61.4 Å². The lowest BCUT2D eigenvalue weighted by molar-refractivity contribution is -0.274. The zero-order valence-corrected chi connectivity index (χ0v) is 14.2. The van der Waals surface area contributed by atoms with Crippen molar-refractivity contribution >= 4 is 23.2 Å². The van der Waals surface area contributed by atoms with Gasteiger partial charge in [0, 0.05) is 22.6 Å². The third-order valence-electron chi connectivity index (χ3n) is 3.42. The molecule has 0 spiro atoms. The largest absolute Gasteiger partial charge is 0.573 e. The maximum Gasteiger partial charge on any atom is 0.573 e. The summed E-state index contributed by atoms with van der Waals surface area (Å²) >= 11 is 5.79. The number of Topliss-reactive ketones (excluding diaryl/α,β-unsaturated/α-hetero) is 1. The fraction of sp³-hybridized carbons (Fsp3) is 0.222. The SMILES string of the molecule is CC(=O)Cc1cc(OC(F)(F)F)c(C)cc1C(=O)c1ccc(Cl)cc1.